The molecule has 0 atom stereocenters. The van der Waals surface area contributed by atoms with Crippen LogP contribution in [0.15, 0.2) is 59.8 Å². The predicted octanol–water partition coefficient (Wildman–Crippen LogP) is 2.94. The Morgan fingerprint density at radius 2 is 1.71 bits per heavy atom. The molecule has 35 heavy (non-hydrogen) atoms. The van der Waals surface area contributed by atoms with Gasteiger partial charge in [-0.3, -0.25) is 14.3 Å². The average Bonchev–Trinajstić information content (AvgIpc) is 3.30. The second-order valence-corrected chi connectivity index (χ2v) is 9.72. The molecule has 9 heteroatoms. The molecule has 2 amide bonds. The lowest BCUT2D eigenvalue weighted by Crippen LogP contribution is -2.49. The van der Waals surface area contributed by atoms with Crippen LogP contribution in [0.5, 0.6) is 0 Å². The molecular weight excluding hydrogens is 460 g/mol. The van der Waals surface area contributed by atoms with Gasteiger partial charge in [-0.15, -0.1) is 0 Å². The Balaban J connectivity index is 1.27. The Morgan fingerprint density at radius 3 is 2.43 bits per heavy atom. The lowest BCUT2D eigenvalue weighted by atomic mass is 10.0. The molecule has 3 aromatic rings. The van der Waals surface area contributed by atoms with Gasteiger partial charge < -0.3 is 14.7 Å². The highest BCUT2D eigenvalue weighted by Gasteiger charge is 2.32. The molecule has 0 aliphatic carbocycles. The highest BCUT2D eigenvalue weighted by molar-refractivity contribution is 7.99. The summed E-state index contributed by atoms with van der Waals surface area (Å²) in [6.45, 7) is 6.73. The first-order valence-electron chi connectivity index (χ1n) is 12.1. The number of rotatable bonds is 6. The number of carbonyl (C=O) groups excluding carboxylic acids is 2. The maximum Gasteiger partial charge on any atom is 0.274 e. The van der Waals surface area contributed by atoms with Gasteiger partial charge in [0.2, 0.25) is 5.91 Å². The highest BCUT2D eigenvalue weighted by Crippen LogP contribution is 2.26. The lowest BCUT2D eigenvalue weighted by Gasteiger charge is -2.36. The van der Waals surface area contributed by atoms with Crippen molar-refractivity contribution in [3.05, 3.63) is 71.7 Å². The summed E-state index contributed by atoms with van der Waals surface area (Å²) in [5.41, 5.74) is 3.68. The van der Waals surface area contributed by atoms with Crippen LogP contribution in [0.3, 0.4) is 0 Å². The zero-order chi connectivity index (χ0) is 24.2. The maximum absolute atomic E-state index is 13.5. The van der Waals surface area contributed by atoms with E-state index in [-0.39, 0.29) is 11.8 Å². The monoisotopic (exact) mass is 490 g/mol. The number of pyridine rings is 1. The molecule has 0 radical (unpaired) electrons. The summed E-state index contributed by atoms with van der Waals surface area (Å²) < 4.78 is 1.94. The van der Waals surface area contributed by atoms with E-state index in [4.69, 9.17) is 5.10 Å². The Bertz CT molecular complexity index is 1180. The number of aryl methyl sites for hydroxylation is 1. The summed E-state index contributed by atoms with van der Waals surface area (Å²) in [6, 6.07) is 16.0. The number of amides is 2. The molecule has 1 fully saturated rings. The number of para-hydroxylation sites is 1. The molecule has 1 saturated heterocycles. The van der Waals surface area contributed by atoms with Crippen LogP contribution in [-0.2, 0) is 24.3 Å². The number of piperazine rings is 1. The van der Waals surface area contributed by atoms with Crippen molar-refractivity contribution in [3.8, 4) is 0 Å². The Labute approximate surface area is 209 Å². The van der Waals surface area contributed by atoms with Crippen molar-refractivity contribution < 1.29 is 9.59 Å². The van der Waals surface area contributed by atoms with Gasteiger partial charge in [0.05, 0.1) is 10.8 Å². The van der Waals surface area contributed by atoms with Crippen LogP contribution in [-0.4, -0.2) is 74.9 Å². The van der Waals surface area contributed by atoms with Crippen LogP contribution < -0.4 is 4.90 Å². The maximum atomic E-state index is 13.5. The molecule has 5 rings (SSSR count). The van der Waals surface area contributed by atoms with Crippen LogP contribution in [0.4, 0.5) is 5.69 Å². The molecule has 0 saturated carbocycles. The summed E-state index contributed by atoms with van der Waals surface area (Å²) in [7, 11) is 0. The third-order valence-electron chi connectivity index (χ3n) is 6.66. The van der Waals surface area contributed by atoms with Crippen molar-refractivity contribution in [1.82, 2.24) is 24.6 Å². The number of nitrogens with zero attached hydrogens (tertiary/aromatic N) is 6. The minimum atomic E-state index is -0.0293. The lowest BCUT2D eigenvalue weighted by molar-refractivity contribution is -0.129. The van der Waals surface area contributed by atoms with Crippen molar-refractivity contribution in [2.75, 3.05) is 43.4 Å². The van der Waals surface area contributed by atoms with Gasteiger partial charge in [-0.2, -0.15) is 5.10 Å². The molecule has 8 nitrogen and oxygen atoms in total. The SMILES string of the molecule is CCn1nc(C(=O)N2CCN(c3ccccc3)CC2)c2c1CCN(C(=O)CSc1ccccn1)C2. The van der Waals surface area contributed by atoms with E-state index in [0.29, 0.717) is 50.6 Å². The summed E-state index contributed by atoms with van der Waals surface area (Å²) in [4.78, 5) is 36.9. The van der Waals surface area contributed by atoms with Crippen LogP contribution in [0, 0.1) is 0 Å². The van der Waals surface area contributed by atoms with E-state index in [2.05, 4.69) is 22.0 Å². The number of hydrogen-bond donors (Lipinski definition) is 0. The van der Waals surface area contributed by atoms with Gasteiger partial charge in [0.1, 0.15) is 0 Å². The molecule has 1 aromatic carbocycles. The number of benzene rings is 1. The van der Waals surface area contributed by atoms with E-state index in [1.165, 1.54) is 17.4 Å². The standard InChI is InChI=1S/C26H30N6O2S/c1-2-32-22-11-13-31(24(33)19-35-23-10-6-7-12-27-23)18-21(22)25(28-32)26(34)30-16-14-29(15-17-30)20-8-4-3-5-9-20/h3-10,12H,2,11,13-19H2,1H3. The minimum Gasteiger partial charge on any atom is -0.368 e. The molecular formula is C26H30N6O2S. The second kappa shape index (κ2) is 10.5. The molecule has 0 unspecified atom stereocenters. The Hall–Kier alpha value is -3.33. The third kappa shape index (κ3) is 5.05. The molecule has 182 valence electrons. The second-order valence-electron chi connectivity index (χ2n) is 8.73. The van der Waals surface area contributed by atoms with Gasteiger partial charge in [0.15, 0.2) is 5.69 Å². The molecule has 0 bridgehead atoms. The minimum absolute atomic E-state index is 0.0293. The Morgan fingerprint density at radius 1 is 0.943 bits per heavy atom. The van der Waals surface area contributed by atoms with Crippen molar-refractivity contribution in [2.24, 2.45) is 0 Å². The number of aromatic nitrogens is 3. The van der Waals surface area contributed by atoms with Gasteiger partial charge in [0, 0.05) is 75.4 Å². The van der Waals surface area contributed by atoms with E-state index >= 15 is 0 Å². The van der Waals surface area contributed by atoms with E-state index in [0.717, 1.165) is 29.4 Å². The van der Waals surface area contributed by atoms with E-state index < -0.39 is 0 Å². The van der Waals surface area contributed by atoms with Crippen LogP contribution in [0.2, 0.25) is 0 Å². The van der Waals surface area contributed by atoms with Crippen LogP contribution >= 0.6 is 11.8 Å². The van der Waals surface area contributed by atoms with Crippen LogP contribution in [0.25, 0.3) is 0 Å². The summed E-state index contributed by atoms with van der Waals surface area (Å²) in [5.74, 6) is 0.364. The number of thioether (sulfide) groups is 1. The largest absolute Gasteiger partial charge is 0.368 e. The fraction of sp³-hybridized carbons (Fsp3) is 0.385. The fourth-order valence-electron chi connectivity index (χ4n) is 4.75. The summed E-state index contributed by atoms with van der Waals surface area (Å²) >= 11 is 1.44. The normalized spacial score (nSPS) is 15.7. The van der Waals surface area contributed by atoms with Crippen molar-refractivity contribution in [2.45, 2.75) is 31.5 Å². The Kier molecular flexibility index (Phi) is 7.03. The van der Waals surface area contributed by atoms with Gasteiger partial charge in [-0.1, -0.05) is 36.0 Å². The van der Waals surface area contributed by atoms with Gasteiger partial charge in [-0.25, -0.2) is 4.98 Å². The molecule has 2 aliphatic heterocycles. The number of hydrogen-bond acceptors (Lipinski definition) is 6. The van der Waals surface area contributed by atoms with Crippen molar-refractivity contribution in [1.29, 1.82) is 0 Å². The summed E-state index contributed by atoms with van der Waals surface area (Å²) in [5, 5.41) is 5.54. The first kappa shape index (κ1) is 23.4. The quantitative estimate of drug-likeness (QED) is 0.495. The molecule has 2 aromatic heterocycles. The molecule has 2 aliphatic rings. The van der Waals surface area contributed by atoms with Crippen molar-refractivity contribution >= 4 is 29.3 Å². The topological polar surface area (TPSA) is 74.6 Å². The highest BCUT2D eigenvalue weighted by atomic mass is 32.2. The third-order valence-corrected chi connectivity index (χ3v) is 7.59. The zero-order valence-electron chi connectivity index (χ0n) is 20.0. The fourth-order valence-corrected chi connectivity index (χ4v) is 5.52. The van der Waals surface area contributed by atoms with E-state index in [1.807, 2.05) is 57.8 Å². The first-order valence-corrected chi connectivity index (χ1v) is 13.1. The number of anilines is 1. The van der Waals surface area contributed by atoms with Gasteiger partial charge >= 0.3 is 0 Å². The summed E-state index contributed by atoms with van der Waals surface area (Å²) in [6.07, 6.45) is 2.45. The van der Waals surface area contributed by atoms with E-state index in [1.54, 1.807) is 6.20 Å². The van der Waals surface area contributed by atoms with Crippen molar-refractivity contribution in [3.63, 3.8) is 0 Å². The first-order chi connectivity index (χ1) is 17.1. The number of carbonyl (C=O) groups is 2. The predicted molar refractivity (Wildman–Crippen MR) is 137 cm³/mol. The molecule has 0 spiro atoms. The zero-order valence-corrected chi connectivity index (χ0v) is 20.8. The molecule has 0 N–H and O–H groups in total. The smallest absolute Gasteiger partial charge is 0.274 e. The van der Waals surface area contributed by atoms with Gasteiger partial charge in [0.25, 0.3) is 5.91 Å². The number of fused-ring (bicyclic) bond motifs is 1. The van der Waals surface area contributed by atoms with Gasteiger partial charge in [-0.05, 0) is 31.2 Å². The van der Waals surface area contributed by atoms with Crippen LogP contribution in [0.1, 0.15) is 28.7 Å². The van der Waals surface area contributed by atoms with E-state index in [9.17, 15) is 9.59 Å². The average molecular weight is 491 g/mol. The molecule has 4 heterocycles.